The third-order valence-electron chi connectivity index (χ3n) is 4.42. The Morgan fingerprint density at radius 1 is 1.42 bits per heavy atom. The number of hydrogen-bond acceptors (Lipinski definition) is 3. The van der Waals surface area contributed by atoms with Gasteiger partial charge in [0.2, 0.25) is 5.91 Å². The molecule has 1 rings (SSSR count). The molecule has 0 aliphatic heterocycles. The van der Waals surface area contributed by atoms with Crippen molar-refractivity contribution >= 4 is 11.7 Å². The van der Waals surface area contributed by atoms with Gasteiger partial charge in [0.25, 0.3) is 0 Å². The highest BCUT2D eigenvalue weighted by molar-refractivity contribution is 6.02. The van der Waals surface area contributed by atoms with E-state index >= 15 is 0 Å². The summed E-state index contributed by atoms with van der Waals surface area (Å²) < 4.78 is 0. The average molecular weight is 269 g/mol. The van der Waals surface area contributed by atoms with Crippen LogP contribution in [-0.2, 0) is 4.79 Å². The number of amides is 1. The van der Waals surface area contributed by atoms with E-state index in [4.69, 9.17) is 10.9 Å². The first-order valence-electron chi connectivity index (χ1n) is 7.33. The van der Waals surface area contributed by atoms with Crippen molar-refractivity contribution in [1.29, 1.82) is 0 Å². The first kappa shape index (κ1) is 15.8. The van der Waals surface area contributed by atoms with Gasteiger partial charge in [-0.2, -0.15) is 0 Å². The molecule has 4 N–H and O–H groups in total. The molecule has 1 saturated carbocycles. The molecule has 19 heavy (non-hydrogen) atoms. The molecule has 0 spiro atoms. The van der Waals surface area contributed by atoms with E-state index in [1.165, 1.54) is 25.7 Å². The van der Waals surface area contributed by atoms with Crippen LogP contribution in [-0.4, -0.2) is 23.5 Å². The number of hydrogen-bond donors (Lipinski definition) is 3. The fourth-order valence-corrected chi connectivity index (χ4v) is 2.95. The minimum Gasteiger partial charge on any atom is -0.409 e. The summed E-state index contributed by atoms with van der Waals surface area (Å²) in [5, 5.41) is 14.7. The molecule has 5 nitrogen and oxygen atoms in total. The Hall–Kier alpha value is -1.26. The number of carbonyl (C=O) groups is 1. The number of nitrogens with one attached hydrogen (secondary N) is 1. The zero-order valence-electron chi connectivity index (χ0n) is 12.1. The molecule has 0 aromatic heterocycles. The van der Waals surface area contributed by atoms with Crippen LogP contribution in [0.2, 0.25) is 0 Å². The lowest BCUT2D eigenvalue weighted by Gasteiger charge is -2.28. The van der Waals surface area contributed by atoms with E-state index < -0.39 is 5.92 Å². The highest BCUT2D eigenvalue weighted by Crippen LogP contribution is 2.40. The van der Waals surface area contributed by atoms with Gasteiger partial charge in [0.1, 0.15) is 0 Å². The van der Waals surface area contributed by atoms with Gasteiger partial charge in [0.05, 0.1) is 5.92 Å². The second-order valence-electron chi connectivity index (χ2n) is 5.64. The molecular weight excluding hydrogens is 242 g/mol. The van der Waals surface area contributed by atoms with Crippen molar-refractivity contribution in [3.63, 3.8) is 0 Å². The van der Waals surface area contributed by atoms with Gasteiger partial charge in [0, 0.05) is 6.54 Å². The van der Waals surface area contributed by atoms with Gasteiger partial charge >= 0.3 is 0 Å². The zero-order valence-corrected chi connectivity index (χ0v) is 12.1. The lowest BCUT2D eigenvalue weighted by molar-refractivity contribution is -0.123. The molecule has 0 saturated heterocycles. The molecule has 1 aliphatic carbocycles. The van der Waals surface area contributed by atoms with Gasteiger partial charge in [-0.15, -0.1) is 0 Å². The Kier molecular flexibility index (Phi) is 6.12. The van der Waals surface area contributed by atoms with Crippen LogP contribution in [0.5, 0.6) is 0 Å². The molecule has 5 heteroatoms. The van der Waals surface area contributed by atoms with Crippen molar-refractivity contribution < 1.29 is 10.0 Å². The molecule has 0 aromatic rings. The predicted octanol–water partition coefficient (Wildman–Crippen LogP) is 2.24. The minimum absolute atomic E-state index is 0.0105. The van der Waals surface area contributed by atoms with E-state index in [0.717, 1.165) is 12.8 Å². The predicted molar refractivity (Wildman–Crippen MR) is 76.0 cm³/mol. The maximum Gasteiger partial charge on any atom is 0.230 e. The van der Waals surface area contributed by atoms with Crippen molar-refractivity contribution in [3.8, 4) is 0 Å². The van der Waals surface area contributed by atoms with E-state index in [2.05, 4.69) is 17.4 Å². The first-order chi connectivity index (χ1) is 9.08. The monoisotopic (exact) mass is 269 g/mol. The van der Waals surface area contributed by atoms with Crippen LogP contribution in [0.4, 0.5) is 0 Å². The number of amidine groups is 1. The summed E-state index contributed by atoms with van der Waals surface area (Å²) in [6.07, 6.45) is 7.41. The van der Waals surface area contributed by atoms with Gasteiger partial charge in [-0.3, -0.25) is 4.79 Å². The molecule has 1 atom stereocenters. The zero-order chi connectivity index (χ0) is 14.3. The number of nitrogens with zero attached hydrogens (tertiary/aromatic N) is 1. The van der Waals surface area contributed by atoms with Crippen molar-refractivity contribution in [2.45, 2.75) is 58.8 Å². The van der Waals surface area contributed by atoms with Crippen LogP contribution in [0.25, 0.3) is 0 Å². The molecule has 0 aromatic carbocycles. The number of rotatable bonds is 7. The van der Waals surface area contributed by atoms with Crippen molar-refractivity contribution in [2.24, 2.45) is 22.2 Å². The topological polar surface area (TPSA) is 87.7 Å². The summed E-state index contributed by atoms with van der Waals surface area (Å²) in [4.78, 5) is 12.2. The SMILES string of the molecule is CCCC(C(=O)NCC1(CC)CCCC1)C(N)=NO. The Balaban J connectivity index is 2.56. The van der Waals surface area contributed by atoms with E-state index in [0.29, 0.717) is 13.0 Å². The largest absolute Gasteiger partial charge is 0.409 e. The fraction of sp³-hybridized carbons (Fsp3) is 0.857. The van der Waals surface area contributed by atoms with E-state index in [-0.39, 0.29) is 17.2 Å². The summed E-state index contributed by atoms with van der Waals surface area (Å²) in [5.41, 5.74) is 5.85. The molecule has 0 bridgehead atoms. The number of nitrogens with two attached hydrogens (primary N) is 1. The lowest BCUT2D eigenvalue weighted by atomic mass is 9.83. The average Bonchev–Trinajstić information content (AvgIpc) is 2.91. The second kappa shape index (κ2) is 7.36. The van der Waals surface area contributed by atoms with E-state index in [1.54, 1.807) is 0 Å². The summed E-state index contributed by atoms with van der Waals surface area (Å²) in [6, 6.07) is 0. The molecule has 1 amide bonds. The Morgan fingerprint density at radius 3 is 2.53 bits per heavy atom. The van der Waals surface area contributed by atoms with Gasteiger partial charge in [-0.1, -0.05) is 38.3 Å². The van der Waals surface area contributed by atoms with Crippen molar-refractivity contribution in [3.05, 3.63) is 0 Å². The number of carbonyl (C=O) groups excluding carboxylic acids is 1. The van der Waals surface area contributed by atoms with Gasteiger partial charge in [-0.05, 0) is 31.1 Å². The quantitative estimate of drug-likeness (QED) is 0.287. The van der Waals surface area contributed by atoms with Crippen LogP contribution < -0.4 is 11.1 Å². The smallest absolute Gasteiger partial charge is 0.230 e. The van der Waals surface area contributed by atoms with Gasteiger partial charge in [0.15, 0.2) is 5.84 Å². The van der Waals surface area contributed by atoms with E-state index in [1.807, 2.05) is 6.92 Å². The lowest BCUT2D eigenvalue weighted by Crippen LogP contribution is -2.43. The summed E-state index contributed by atoms with van der Waals surface area (Å²) >= 11 is 0. The third kappa shape index (κ3) is 4.11. The van der Waals surface area contributed by atoms with Gasteiger partial charge < -0.3 is 16.3 Å². The Labute approximate surface area is 115 Å². The maximum atomic E-state index is 12.2. The number of oxime groups is 1. The minimum atomic E-state index is -0.509. The second-order valence-corrected chi connectivity index (χ2v) is 5.64. The van der Waals surface area contributed by atoms with Crippen LogP contribution in [0, 0.1) is 11.3 Å². The van der Waals surface area contributed by atoms with E-state index in [9.17, 15) is 4.79 Å². The Bertz CT molecular complexity index is 323. The molecule has 0 radical (unpaired) electrons. The Morgan fingerprint density at radius 2 is 2.05 bits per heavy atom. The maximum absolute atomic E-state index is 12.2. The highest BCUT2D eigenvalue weighted by atomic mass is 16.4. The highest BCUT2D eigenvalue weighted by Gasteiger charge is 2.33. The van der Waals surface area contributed by atoms with Gasteiger partial charge in [-0.25, -0.2) is 0 Å². The van der Waals surface area contributed by atoms with Crippen molar-refractivity contribution in [1.82, 2.24) is 5.32 Å². The summed E-state index contributed by atoms with van der Waals surface area (Å²) in [7, 11) is 0. The summed E-state index contributed by atoms with van der Waals surface area (Å²) in [6.45, 7) is 4.88. The summed E-state index contributed by atoms with van der Waals surface area (Å²) in [5.74, 6) is -0.612. The standard InChI is InChI=1S/C14H27N3O2/c1-3-7-11(12(15)17-19)13(18)16-10-14(4-2)8-5-6-9-14/h11,19H,3-10H2,1-2H3,(H2,15,17)(H,16,18). The van der Waals surface area contributed by atoms with Crippen LogP contribution in [0.3, 0.4) is 0 Å². The fourth-order valence-electron chi connectivity index (χ4n) is 2.95. The molecule has 110 valence electrons. The normalized spacial score (nSPS) is 20.2. The van der Waals surface area contributed by atoms with Crippen LogP contribution in [0.15, 0.2) is 5.16 Å². The molecule has 0 heterocycles. The first-order valence-corrected chi connectivity index (χ1v) is 7.33. The molecule has 1 unspecified atom stereocenters. The van der Waals surface area contributed by atoms with Crippen LogP contribution in [0.1, 0.15) is 58.8 Å². The van der Waals surface area contributed by atoms with Crippen molar-refractivity contribution in [2.75, 3.05) is 6.54 Å². The molecule has 1 fully saturated rings. The molecule has 1 aliphatic rings. The molecular formula is C14H27N3O2. The van der Waals surface area contributed by atoms with Crippen LogP contribution >= 0.6 is 0 Å². The third-order valence-corrected chi connectivity index (χ3v) is 4.42.